The van der Waals surface area contributed by atoms with Crippen LogP contribution in [0, 0.1) is 0 Å². The van der Waals surface area contributed by atoms with Gasteiger partial charge >= 0.3 is 5.97 Å². The molecule has 0 saturated heterocycles. The van der Waals surface area contributed by atoms with Crippen molar-refractivity contribution in [1.82, 2.24) is 5.32 Å². The monoisotopic (exact) mass is 639 g/mol. The molecular weight excluding hydrogens is 594 g/mol. The number of carbonyl (C=O) groups excluding carboxylic acids is 1. The van der Waals surface area contributed by atoms with Crippen LogP contribution in [0.15, 0.2) is 134 Å². The topological polar surface area (TPSA) is 106 Å². The lowest BCUT2D eigenvalue weighted by Crippen LogP contribution is -2.57. The summed E-state index contributed by atoms with van der Waals surface area (Å²) in [5.74, 6) is -0.435. The number of esters is 1. The van der Waals surface area contributed by atoms with Crippen molar-refractivity contribution >= 4 is 5.97 Å². The summed E-state index contributed by atoms with van der Waals surface area (Å²) in [4.78, 5) is 13.3. The van der Waals surface area contributed by atoms with Crippen molar-refractivity contribution in [1.29, 1.82) is 0 Å². The number of nitrogens with one attached hydrogen (secondary N) is 1. The Morgan fingerprint density at radius 2 is 1.04 bits per heavy atom. The SMILES string of the molecule is C=CCN[C@@H](CC(=O)OCc1ccccc1)[C@H](OCc1ccccc1)[C@@H](OCc1ccccc1)[C@H](OCc1ccccc1)[C@H](O)CO. The van der Waals surface area contributed by atoms with Gasteiger partial charge in [-0.3, -0.25) is 4.79 Å². The molecule has 0 saturated carbocycles. The lowest BCUT2D eigenvalue weighted by molar-refractivity contribution is -0.191. The fraction of sp³-hybridized carbons (Fsp3) is 0.308. The van der Waals surface area contributed by atoms with Crippen LogP contribution in [0.4, 0.5) is 0 Å². The van der Waals surface area contributed by atoms with Crippen LogP contribution < -0.4 is 5.32 Å². The smallest absolute Gasteiger partial charge is 0.307 e. The molecule has 47 heavy (non-hydrogen) atoms. The molecule has 0 heterocycles. The van der Waals surface area contributed by atoms with Crippen LogP contribution in [0.3, 0.4) is 0 Å². The molecule has 0 amide bonds. The van der Waals surface area contributed by atoms with Gasteiger partial charge < -0.3 is 34.5 Å². The van der Waals surface area contributed by atoms with E-state index in [1.54, 1.807) is 6.08 Å². The second-order valence-corrected chi connectivity index (χ2v) is 11.2. The molecule has 0 unspecified atom stereocenters. The molecule has 8 heteroatoms. The van der Waals surface area contributed by atoms with E-state index in [0.29, 0.717) is 6.54 Å². The van der Waals surface area contributed by atoms with E-state index in [4.69, 9.17) is 18.9 Å². The Morgan fingerprint density at radius 1 is 0.638 bits per heavy atom. The molecule has 3 N–H and O–H groups in total. The molecule has 0 aliphatic heterocycles. The Morgan fingerprint density at radius 3 is 1.47 bits per heavy atom. The van der Waals surface area contributed by atoms with Gasteiger partial charge in [0.15, 0.2) is 0 Å². The van der Waals surface area contributed by atoms with E-state index < -0.39 is 43.0 Å². The highest BCUT2D eigenvalue weighted by atomic mass is 16.6. The molecule has 0 spiro atoms. The largest absolute Gasteiger partial charge is 0.461 e. The quantitative estimate of drug-likeness (QED) is 0.0826. The van der Waals surface area contributed by atoms with Gasteiger partial charge in [-0.25, -0.2) is 0 Å². The van der Waals surface area contributed by atoms with Gasteiger partial charge in [0.25, 0.3) is 0 Å². The highest BCUT2D eigenvalue weighted by molar-refractivity contribution is 5.70. The number of hydrogen-bond acceptors (Lipinski definition) is 8. The first-order chi connectivity index (χ1) is 23.1. The highest BCUT2D eigenvalue weighted by Gasteiger charge is 2.41. The summed E-state index contributed by atoms with van der Waals surface area (Å²) in [6.45, 7) is 4.30. The lowest BCUT2D eigenvalue weighted by Gasteiger charge is -2.39. The number of benzene rings is 4. The van der Waals surface area contributed by atoms with E-state index in [1.165, 1.54) is 0 Å². The Labute approximate surface area is 277 Å². The number of hydrogen-bond donors (Lipinski definition) is 3. The minimum atomic E-state index is -1.31. The molecule has 0 aromatic heterocycles. The van der Waals surface area contributed by atoms with Crippen LogP contribution >= 0.6 is 0 Å². The zero-order valence-electron chi connectivity index (χ0n) is 26.6. The van der Waals surface area contributed by atoms with E-state index in [9.17, 15) is 15.0 Å². The lowest BCUT2D eigenvalue weighted by atomic mass is 9.94. The fourth-order valence-electron chi connectivity index (χ4n) is 5.16. The third-order valence-corrected chi connectivity index (χ3v) is 7.62. The van der Waals surface area contributed by atoms with E-state index >= 15 is 0 Å². The van der Waals surface area contributed by atoms with Crippen molar-refractivity contribution in [3.8, 4) is 0 Å². The molecule has 0 aliphatic carbocycles. The number of carbonyl (C=O) groups is 1. The standard InChI is InChI=1S/C39H45NO7/c1-2-23-40-34(24-36(43)44-26-30-15-7-3-8-16-30)37(45-27-31-17-9-4-10-18-31)39(47-29-33-21-13-6-14-22-33)38(35(42)25-41)46-28-32-19-11-5-12-20-32/h2-22,34-35,37-42H,1,23-29H2/t34-,35+,37-,38+,39+/m0/s1. The third kappa shape index (κ3) is 12.2. The molecule has 5 atom stereocenters. The predicted octanol–water partition coefficient (Wildman–Crippen LogP) is 5.37. The van der Waals surface area contributed by atoms with Gasteiger partial charge in [-0.15, -0.1) is 6.58 Å². The van der Waals surface area contributed by atoms with E-state index in [0.717, 1.165) is 22.3 Å². The van der Waals surface area contributed by atoms with Crippen LogP contribution in [0.1, 0.15) is 28.7 Å². The summed E-state index contributed by atoms with van der Waals surface area (Å²) in [7, 11) is 0. The number of aliphatic hydroxyl groups is 2. The van der Waals surface area contributed by atoms with Gasteiger partial charge in [0, 0.05) is 12.6 Å². The van der Waals surface area contributed by atoms with Crippen molar-refractivity contribution in [3.05, 3.63) is 156 Å². The second-order valence-electron chi connectivity index (χ2n) is 11.2. The van der Waals surface area contributed by atoms with Gasteiger partial charge in [-0.05, 0) is 22.3 Å². The minimum Gasteiger partial charge on any atom is -0.461 e. The average Bonchev–Trinajstić information content (AvgIpc) is 3.13. The zero-order chi connectivity index (χ0) is 33.1. The number of aliphatic hydroxyl groups excluding tert-OH is 2. The van der Waals surface area contributed by atoms with E-state index in [1.807, 2.05) is 121 Å². The van der Waals surface area contributed by atoms with Crippen molar-refractivity contribution in [2.24, 2.45) is 0 Å². The molecule has 8 nitrogen and oxygen atoms in total. The first-order valence-electron chi connectivity index (χ1n) is 15.9. The molecule has 0 radical (unpaired) electrons. The summed E-state index contributed by atoms with van der Waals surface area (Å²) in [5.41, 5.74) is 3.57. The Balaban J connectivity index is 1.68. The number of rotatable bonds is 21. The van der Waals surface area contributed by atoms with Crippen LogP contribution in [0.2, 0.25) is 0 Å². The van der Waals surface area contributed by atoms with Gasteiger partial charge in [-0.1, -0.05) is 127 Å². The summed E-state index contributed by atoms with van der Waals surface area (Å²) in [6, 6.07) is 37.7. The minimum absolute atomic E-state index is 0.0635. The van der Waals surface area contributed by atoms with Gasteiger partial charge in [-0.2, -0.15) is 0 Å². The first-order valence-corrected chi connectivity index (χ1v) is 15.9. The molecule has 4 rings (SSSR count). The average molecular weight is 640 g/mol. The number of ether oxygens (including phenoxy) is 4. The first kappa shape index (κ1) is 35.7. The summed E-state index contributed by atoms with van der Waals surface area (Å²) < 4.78 is 25.2. The molecular formula is C39H45NO7. The van der Waals surface area contributed by atoms with Crippen LogP contribution in [-0.2, 0) is 50.2 Å². The van der Waals surface area contributed by atoms with Crippen LogP contribution in [-0.4, -0.2) is 59.8 Å². The van der Waals surface area contributed by atoms with Crippen molar-refractivity contribution in [3.63, 3.8) is 0 Å². The molecule has 4 aromatic carbocycles. The Bertz CT molecular complexity index is 1420. The Hall–Kier alpha value is -4.15. The van der Waals surface area contributed by atoms with Gasteiger partial charge in [0.1, 0.15) is 31.0 Å². The van der Waals surface area contributed by atoms with E-state index in [-0.39, 0.29) is 32.8 Å². The van der Waals surface area contributed by atoms with Crippen molar-refractivity contribution in [2.75, 3.05) is 13.2 Å². The van der Waals surface area contributed by atoms with Crippen molar-refractivity contribution in [2.45, 2.75) is 63.3 Å². The fourth-order valence-corrected chi connectivity index (χ4v) is 5.16. The molecule has 0 aliphatic rings. The predicted molar refractivity (Wildman–Crippen MR) is 181 cm³/mol. The van der Waals surface area contributed by atoms with Gasteiger partial charge in [0.05, 0.1) is 32.8 Å². The Kier molecular flexibility index (Phi) is 15.3. The maximum atomic E-state index is 13.3. The molecule has 4 aromatic rings. The maximum Gasteiger partial charge on any atom is 0.307 e. The highest BCUT2D eigenvalue weighted by Crippen LogP contribution is 2.25. The van der Waals surface area contributed by atoms with E-state index in [2.05, 4.69) is 11.9 Å². The molecule has 0 bridgehead atoms. The summed E-state index contributed by atoms with van der Waals surface area (Å²) in [5, 5.41) is 24.8. The maximum absolute atomic E-state index is 13.3. The van der Waals surface area contributed by atoms with Gasteiger partial charge in [0.2, 0.25) is 0 Å². The summed E-state index contributed by atoms with van der Waals surface area (Å²) >= 11 is 0. The van der Waals surface area contributed by atoms with Crippen LogP contribution in [0.5, 0.6) is 0 Å². The van der Waals surface area contributed by atoms with Crippen LogP contribution in [0.25, 0.3) is 0 Å². The summed E-state index contributed by atoms with van der Waals surface area (Å²) in [6.07, 6.45) is -2.49. The molecule has 0 fully saturated rings. The molecule has 248 valence electrons. The zero-order valence-corrected chi connectivity index (χ0v) is 26.6. The second kappa shape index (κ2) is 20.2. The van der Waals surface area contributed by atoms with Crippen molar-refractivity contribution < 1.29 is 34.0 Å². The third-order valence-electron chi connectivity index (χ3n) is 7.62. The normalized spacial score (nSPS) is 14.4.